The summed E-state index contributed by atoms with van der Waals surface area (Å²) >= 11 is 0. The summed E-state index contributed by atoms with van der Waals surface area (Å²) in [4.78, 5) is 17.8. The molecule has 1 aliphatic rings. The van der Waals surface area contributed by atoms with Crippen LogP contribution in [0.5, 0.6) is 0 Å². The van der Waals surface area contributed by atoms with Gasteiger partial charge >= 0.3 is 5.97 Å². The predicted octanol–water partition coefficient (Wildman–Crippen LogP) is -0.730. The molecule has 0 bridgehead atoms. The van der Waals surface area contributed by atoms with Crippen LogP contribution in [0, 0.1) is 0 Å². The van der Waals surface area contributed by atoms with Crippen LogP contribution >= 0.6 is 0 Å². The van der Waals surface area contributed by atoms with E-state index in [1.165, 1.54) is 6.34 Å². The molecule has 3 N–H and O–H groups in total. The minimum Gasteiger partial charge on any atom is -0.480 e. The predicted molar refractivity (Wildman–Crippen MR) is 41.0 cm³/mol. The second kappa shape index (κ2) is 3.25. The van der Waals surface area contributed by atoms with E-state index in [9.17, 15) is 4.79 Å². The van der Waals surface area contributed by atoms with Gasteiger partial charge in [-0.05, 0) is 0 Å². The summed E-state index contributed by atoms with van der Waals surface area (Å²) < 4.78 is 0. The zero-order valence-electron chi connectivity index (χ0n) is 5.84. The third kappa shape index (κ3) is 2.12. The molecule has 2 atom stereocenters. The molecule has 0 aliphatic carbocycles. The van der Waals surface area contributed by atoms with Crippen LogP contribution in [0.25, 0.3) is 0 Å². The Kier molecular flexibility index (Phi) is 2.32. The minimum absolute atomic E-state index is 0.152. The van der Waals surface area contributed by atoms with Gasteiger partial charge in [0, 0.05) is 12.6 Å². The van der Waals surface area contributed by atoms with Gasteiger partial charge in [-0.1, -0.05) is 0 Å². The highest BCUT2D eigenvalue weighted by Crippen LogP contribution is 2.01. The fourth-order valence-electron chi connectivity index (χ4n) is 0.783. The summed E-state index contributed by atoms with van der Waals surface area (Å²) in [5.74, 6) is -1.000. The van der Waals surface area contributed by atoms with Crippen molar-refractivity contribution in [2.75, 3.05) is 0 Å². The summed E-state index contributed by atoms with van der Waals surface area (Å²) in [5, 5.41) is 8.42. The standard InChI is InChI=1S/C6H9N3O2/c7-5(6(10)11)1-4-2-8-3-9-4/h2-5H,1,7H2,(H,10,11). The average Bonchev–Trinajstić information content (AvgIpc) is 2.39. The Balaban J connectivity index is 2.36. The molecule has 60 valence electrons. The molecule has 0 fully saturated rings. The lowest BCUT2D eigenvalue weighted by Crippen LogP contribution is -2.33. The number of aliphatic carboxylic acids is 1. The van der Waals surface area contributed by atoms with Crippen molar-refractivity contribution < 1.29 is 9.90 Å². The molecule has 0 amide bonds. The average molecular weight is 155 g/mol. The molecule has 1 rings (SSSR count). The number of carboxylic acid groups (broad SMARTS) is 1. The van der Waals surface area contributed by atoms with Crippen LogP contribution in [0.1, 0.15) is 6.42 Å². The number of hydrogen-bond donors (Lipinski definition) is 2. The number of carbonyl (C=O) groups is 1. The number of rotatable bonds is 3. The van der Waals surface area contributed by atoms with Gasteiger partial charge in [-0.3, -0.25) is 9.79 Å². The molecule has 0 aromatic carbocycles. The number of carboxylic acids is 1. The highest BCUT2D eigenvalue weighted by atomic mass is 16.4. The van der Waals surface area contributed by atoms with Crippen molar-refractivity contribution in [2.24, 2.45) is 15.7 Å². The smallest absolute Gasteiger partial charge is 0.320 e. The highest BCUT2D eigenvalue weighted by molar-refractivity contribution is 5.83. The van der Waals surface area contributed by atoms with Crippen molar-refractivity contribution in [1.29, 1.82) is 0 Å². The summed E-state index contributed by atoms with van der Waals surface area (Å²) in [5.41, 5.74) is 5.26. The van der Waals surface area contributed by atoms with Crippen molar-refractivity contribution in [2.45, 2.75) is 18.5 Å². The molecule has 0 aromatic heterocycles. The molecule has 0 saturated heterocycles. The summed E-state index contributed by atoms with van der Waals surface area (Å²) in [6, 6.07) is -0.997. The van der Waals surface area contributed by atoms with Crippen LogP contribution < -0.4 is 5.73 Å². The van der Waals surface area contributed by atoms with Crippen molar-refractivity contribution >= 4 is 18.5 Å². The van der Waals surface area contributed by atoms with E-state index in [1.807, 2.05) is 0 Å². The Hall–Kier alpha value is -1.23. The highest BCUT2D eigenvalue weighted by Gasteiger charge is 2.17. The maximum Gasteiger partial charge on any atom is 0.320 e. The third-order valence-electron chi connectivity index (χ3n) is 1.40. The van der Waals surface area contributed by atoms with Gasteiger partial charge in [0.05, 0.1) is 6.04 Å². The molecule has 1 heterocycles. The van der Waals surface area contributed by atoms with Gasteiger partial charge in [-0.15, -0.1) is 0 Å². The zero-order chi connectivity index (χ0) is 8.27. The number of nitrogens with two attached hydrogens (primary N) is 1. The van der Waals surface area contributed by atoms with E-state index in [1.54, 1.807) is 6.21 Å². The maximum atomic E-state index is 10.3. The Bertz CT molecular complexity index is 200. The molecule has 0 spiro atoms. The van der Waals surface area contributed by atoms with Crippen LogP contribution in [-0.4, -0.2) is 35.7 Å². The van der Waals surface area contributed by atoms with E-state index in [4.69, 9.17) is 10.8 Å². The quantitative estimate of drug-likeness (QED) is 0.563. The van der Waals surface area contributed by atoms with Gasteiger partial charge in [0.15, 0.2) is 0 Å². The number of nitrogens with zero attached hydrogens (tertiary/aromatic N) is 2. The Morgan fingerprint density at radius 1 is 1.82 bits per heavy atom. The SMILES string of the molecule is NC(CC1C=NC=N1)C(=O)O. The van der Waals surface area contributed by atoms with Crippen molar-refractivity contribution in [3.8, 4) is 0 Å². The summed E-state index contributed by atoms with van der Waals surface area (Å²) in [6.45, 7) is 0. The van der Waals surface area contributed by atoms with E-state index in [-0.39, 0.29) is 6.04 Å². The molecule has 11 heavy (non-hydrogen) atoms. The topological polar surface area (TPSA) is 88.0 Å². The summed E-state index contributed by atoms with van der Waals surface area (Å²) in [7, 11) is 0. The molecule has 1 aliphatic heterocycles. The van der Waals surface area contributed by atoms with Crippen molar-refractivity contribution in [3.63, 3.8) is 0 Å². The Morgan fingerprint density at radius 2 is 2.55 bits per heavy atom. The first-order valence-electron chi connectivity index (χ1n) is 3.23. The van der Waals surface area contributed by atoms with Crippen LogP contribution in [0.2, 0.25) is 0 Å². The molecule has 0 radical (unpaired) electrons. The zero-order valence-corrected chi connectivity index (χ0v) is 5.84. The molecular weight excluding hydrogens is 146 g/mol. The van der Waals surface area contributed by atoms with E-state index >= 15 is 0 Å². The van der Waals surface area contributed by atoms with Gasteiger partial charge in [0.2, 0.25) is 0 Å². The third-order valence-corrected chi connectivity index (χ3v) is 1.40. The minimum atomic E-state index is -1.000. The van der Waals surface area contributed by atoms with Crippen molar-refractivity contribution in [1.82, 2.24) is 0 Å². The van der Waals surface area contributed by atoms with Gasteiger partial charge in [0.1, 0.15) is 12.4 Å². The second-order valence-corrected chi connectivity index (χ2v) is 2.31. The Morgan fingerprint density at radius 3 is 3.00 bits per heavy atom. The molecule has 0 aromatic rings. The van der Waals surface area contributed by atoms with Crippen LogP contribution in [-0.2, 0) is 4.79 Å². The van der Waals surface area contributed by atoms with Crippen LogP contribution in [0.4, 0.5) is 0 Å². The monoisotopic (exact) mass is 155 g/mol. The van der Waals surface area contributed by atoms with E-state index < -0.39 is 12.0 Å². The van der Waals surface area contributed by atoms with Gasteiger partial charge < -0.3 is 10.8 Å². The molecule has 5 heteroatoms. The molecule has 2 unspecified atom stereocenters. The molecular formula is C6H9N3O2. The van der Waals surface area contributed by atoms with Crippen molar-refractivity contribution in [3.05, 3.63) is 0 Å². The first-order valence-corrected chi connectivity index (χ1v) is 3.23. The van der Waals surface area contributed by atoms with E-state index in [0.717, 1.165) is 0 Å². The number of hydrogen-bond acceptors (Lipinski definition) is 4. The molecule has 5 nitrogen and oxygen atoms in total. The fraction of sp³-hybridized carbons (Fsp3) is 0.500. The summed E-state index contributed by atoms with van der Waals surface area (Å²) in [6.07, 6.45) is 3.30. The lowest BCUT2D eigenvalue weighted by atomic mass is 10.1. The van der Waals surface area contributed by atoms with Crippen LogP contribution in [0.15, 0.2) is 9.98 Å². The van der Waals surface area contributed by atoms with Gasteiger partial charge in [-0.25, -0.2) is 4.99 Å². The second-order valence-electron chi connectivity index (χ2n) is 2.31. The Labute approximate surface area is 63.6 Å². The largest absolute Gasteiger partial charge is 0.480 e. The first-order chi connectivity index (χ1) is 5.20. The lowest BCUT2D eigenvalue weighted by molar-refractivity contribution is -0.138. The normalized spacial score (nSPS) is 23.9. The van der Waals surface area contributed by atoms with E-state index in [0.29, 0.717) is 6.42 Å². The number of aliphatic imine (C=N–C) groups is 2. The molecule has 0 saturated carbocycles. The van der Waals surface area contributed by atoms with Gasteiger partial charge in [0.25, 0.3) is 0 Å². The maximum absolute atomic E-state index is 10.3. The van der Waals surface area contributed by atoms with Crippen LogP contribution in [0.3, 0.4) is 0 Å². The first kappa shape index (κ1) is 7.87. The van der Waals surface area contributed by atoms with E-state index in [2.05, 4.69) is 9.98 Å². The fourth-order valence-corrected chi connectivity index (χ4v) is 0.783. The van der Waals surface area contributed by atoms with Gasteiger partial charge in [-0.2, -0.15) is 0 Å². The lowest BCUT2D eigenvalue weighted by Gasteiger charge is -2.06.